The van der Waals surface area contributed by atoms with Crippen molar-refractivity contribution in [2.75, 3.05) is 0 Å². The molecular weight excluding hydrogens is 128 g/mol. The second-order valence-corrected chi connectivity index (χ2v) is 1.53. The maximum absolute atomic E-state index is 10.1. The average molecular weight is 132 g/mol. The Labute approximate surface area is 50.7 Å². The fraction of sp³-hybridized carbons (Fsp3) is 0.250. The summed E-state index contributed by atoms with van der Waals surface area (Å²) in [6.45, 7) is 0. The molecule has 0 bridgehead atoms. The van der Waals surface area contributed by atoms with Crippen LogP contribution in [0.15, 0.2) is 19.9 Å². The van der Waals surface area contributed by atoms with Crippen LogP contribution in [-0.2, 0) is 5.75 Å². The van der Waals surface area contributed by atoms with E-state index in [0.29, 0.717) is 11.5 Å². The molecule has 0 atom stereocenters. The van der Waals surface area contributed by atoms with Crippen LogP contribution in [-0.4, -0.2) is 0 Å². The Kier molecular flexibility index (Phi) is 1.43. The Morgan fingerprint density at radius 2 is 2.50 bits per heavy atom. The zero-order valence-electron chi connectivity index (χ0n) is 3.96. The second kappa shape index (κ2) is 2.09. The zero-order valence-corrected chi connectivity index (χ0v) is 4.85. The van der Waals surface area contributed by atoms with Gasteiger partial charge in [0.1, 0.15) is 6.26 Å². The van der Waals surface area contributed by atoms with Gasteiger partial charge < -0.3 is 8.83 Å². The van der Waals surface area contributed by atoms with Crippen LogP contribution in [0.3, 0.4) is 0 Å². The lowest BCUT2D eigenvalue weighted by atomic mass is 10.6. The van der Waals surface area contributed by atoms with Gasteiger partial charge in [-0.25, -0.2) is 4.79 Å². The minimum Gasteiger partial charge on any atom is -0.399 e. The molecule has 0 saturated carbocycles. The Morgan fingerprint density at radius 1 is 1.75 bits per heavy atom. The quantitative estimate of drug-likeness (QED) is 0.571. The Morgan fingerprint density at radius 3 is 2.75 bits per heavy atom. The molecule has 1 heterocycles. The molecule has 3 nitrogen and oxygen atoms in total. The van der Waals surface area contributed by atoms with Crippen molar-refractivity contribution in [3.63, 3.8) is 0 Å². The predicted molar refractivity (Wildman–Crippen MR) is 29.9 cm³/mol. The minimum atomic E-state index is -0.672. The smallest absolute Gasteiger partial charge is 0.399 e. The van der Waals surface area contributed by atoms with Gasteiger partial charge in [0.15, 0.2) is 5.76 Å². The molecule has 0 aliphatic heterocycles. The summed E-state index contributed by atoms with van der Waals surface area (Å²) in [7, 11) is 0. The van der Waals surface area contributed by atoms with E-state index in [-0.39, 0.29) is 0 Å². The molecule has 0 radical (unpaired) electrons. The largest absolute Gasteiger partial charge is 0.518 e. The van der Waals surface area contributed by atoms with Crippen LogP contribution < -0.4 is 5.82 Å². The Hall–Kier alpha value is -0.640. The summed E-state index contributed by atoms with van der Waals surface area (Å²) in [5, 5.41) is 0. The topological polar surface area (TPSA) is 43.4 Å². The molecule has 0 aliphatic rings. The Bertz CT molecular complexity index is 211. The number of hydrogen-bond donors (Lipinski definition) is 1. The summed E-state index contributed by atoms with van der Waals surface area (Å²) in [6, 6.07) is 0. The first-order chi connectivity index (χ1) is 3.83. The first kappa shape index (κ1) is 5.50. The van der Waals surface area contributed by atoms with Crippen molar-refractivity contribution >= 4 is 12.6 Å². The van der Waals surface area contributed by atoms with Gasteiger partial charge in [-0.05, 0) is 0 Å². The third kappa shape index (κ3) is 0.949. The number of hydrogen-bond acceptors (Lipinski definition) is 4. The lowest BCUT2D eigenvalue weighted by molar-refractivity contribution is 0.378. The molecule has 1 aromatic heterocycles. The van der Waals surface area contributed by atoms with Crippen molar-refractivity contribution in [1.29, 1.82) is 0 Å². The fourth-order valence-corrected chi connectivity index (χ4v) is 0.478. The van der Waals surface area contributed by atoms with E-state index in [1.165, 1.54) is 6.26 Å². The van der Waals surface area contributed by atoms with Gasteiger partial charge in [-0.15, -0.1) is 0 Å². The highest BCUT2D eigenvalue weighted by molar-refractivity contribution is 7.79. The second-order valence-electron chi connectivity index (χ2n) is 1.21. The average Bonchev–Trinajstić information content (AvgIpc) is 2.14. The molecule has 0 spiro atoms. The van der Waals surface area contributed by atoms with Gasteiger partial charge in [-0.2, -0.15) is 12.6 Å². The molecule has 0 N–H and O–H groups in total. The van der Waals surface area contributed by atoms with E-state index in [9.17, 15) is 4.79 Å². The standard InChI is InChI=1S/C4H4O3S/c5-4-6-1-3(2-8)7-4/h1,8H,2H2. The van der Waals surface area contributed by atoms with E-state index in [0.717, 1.165) is 0 Å². The highest BCUT2D eigenvalue weighted by atomic mass is 32.1. The lowest BCUT2D eigenvalue weighted by Gasteiger charge is -1.74. The third-order valence-corrected chi connectivity index (χ3v) is 0.969. The molecular formula is C4H4O3S. The zero-order chi connectivity index (χ0) is 5.98. The highest BCUT2D eigenvalue weighted by Gasteiger charge is 1.94. The van der Waals surface area contributed by atoms with Crippen molar-refractivity contribution in [3.05, 3.63) is 22.6 Å². The molecule has 0 aromatic carbocycles. The molecule has 1 rings (SSSR count). The van der Waals surface area contributed by atoms with Crippen LogP contribution in [0, 0.1) is 0 Å². The summed E-state index contributed by atoms with van der Waals surface area (Å²) in [5.41, 5.74) is 0. The van der Waals surface area contributed by atoms with E-state index in [4.69, 9.17) is 0 Å². The molecule has 0 fully saturated rings. The fourth-order valence-electron chi connectivity index (χ4n) is 0.339. The first-order valence-corrected chi connectivity index (χ1v) is 2.64. The van der Waals surface area contributed by atoms with Crippen LogP contribution in [0.2, 0.25) is 0 Å². The third-order valence-electron chi connectivity index (χ3n) is 0.657. The number of thiol groups is 1. The van der Waals surface area contributed by atoms with E-state index < -0.39 is 5.82 Å². The van der Waals surface area contributed by atoms with E-state index >= 15 is 0 Å². The van der Waals surface area contributed by atoms with Gasteiger partial charge >= 0.3 is 5.82 Å². The van der Waals surface area contributed by atoms with Gasteiger partial charge in [0.2, 0.25) is 0 Å². The highest BCUT2D eigenvalue weighted by Crippen LogP contribution is 1.97. The summed E-state index contributed by atoms with van der Waals surface area (Å²) >= 11 is 3.83. The normalized spacial score (nSPS) is 9.62. The van der Waals surface area contributed by atoms with Crippen molar-refractivity contribution in [2.24, 2.45) is 0 Å². The Balaban J connectivity index is 3.01. The van der Waals surface area contributed by atoms with Gasteiger partial charge in [0.05, 0.1) is 5.75 Å². The van der Waals surface area contributed by atoms with Crippen LogP contribution in [0.5, 0.6) is 0 Å². The summed E-state index contributed by atoms with van der Waals surface area (Å²) in [4.78, 5) is 10.1. The molecule has 0 amide bonds. The van der Waals surface area contributed by atoms with Crippen LogP contribution in [0.25, 0.3) is 0 Å². The van der Waals surface area contributed by atoms with Crippen LogP contribution >= 0.6 is 12.6 Å². The van der Waals surface area contributed by atoms with Crippen LogP contribution in [0.1, 0.15) is 5.76 Å². The van der Waals surface area contributed by atoms with Gasteiger partial charge in [0.25, 0.3) is 0 Å². The van der Waals surface area contributed by atoms with E-state index in [1.54, 1.807) is 0 Å². The summed E-state index contributed by atoms with van der Waals surface area (Å²) in [6.07, 6.45) is 1.25. The first-order valence-electron chi connectivity index (χ1n) is 2.01. The summed E-state index contributed by atoms with van der Waals surface area (Å²) < 4.78 is 8.72. The van der Waals surface area contributed by atoms with E-state index in [1.807, 2.05) is 0 Å². The molecule has 1 aromatic rings. The van der Waals surface area contributed by atoms with Gasteiger partial charge in [-0.3, -0.25) is 0 Å². The molecule has 8 heavy (non-hydrogen) atoms. The van der Waals surface area contributed by atoms with Gasteiger partial charge in [0, 0.05) is 0 Å². The van der Waals surface area contributed by atoms with E-state index in [2.05, 4.69) is 21.5 Å². The van der Waals surface area contributed by atoms with Gasteiger partial charge in [-0.1, -0.05) is 0 Å². The van der Waals surface area contributed by atoms with Crippen molar-refractivity contribution in [2.45, 2.75) is 5.75 Å². The van der Waals surface area contributed by atoms with Crippen molar-refractivity contribution in [3.8, 4) is 0 Å². The minimum absolute atomic E-state index is 0.395. The van der Waals surface area contributed by atoms with Crippen molar-refractivity contribution < 1.29 is 8.83 Å². The van der Waals surface area contributed by atoms with Crippen molar-refractivity contribution in [1.82, 2.24) is 0 Å². The molecule has 4 heteroatoms. The molecule has 0 aliphatic carbocycles. The predicted octanol–water partition coefficient (Wildman–Crippen LogP) is 0.663. The molecule has 0 unspecified atom stereocenters. The summed E-state index contributed by atoms with van der Waals surface area (Å²) in [5.74, 6) is 0.179. The molecule has 0 saturated heterocycles. The maximum Gasteiger partial charge on any atom is 0.518 e. The van der Waals surface area contributed by atoms with Crippen LogP contribution in [0.4, 0.5) is 0 Å². The lowest BCUT2D eigenvalue weighted by Crippen LogP contribution is -1.85. The molecule has 44 valence electrons. The monoisotopic (exact) mass is 132 g/mol. The maximum atomic E-state index is 10.1. The SMILES string of the molecule is O=c1occ(CS)o1. The number of rotatable bonds is 1.